The lowest BCUT2D eigenvalue weighted by molar-refractivity contribution is 0.272. The van der Waals surface area contributed by atoms with Crippen LogP contribution in [0.15, 0.2) is 54.6 Å². The van der Waals surface area contributed by atoms with Gasteiger partial charge in [-0.15, -0.1) is 0 Å². The Morgan fingerprint density at radius 1 is 0.351 bits per heavy atom. The van der Waals surface area contributed by atoms with Crippen molar-refractivity contribution in [3.8, 4) is 17.2 Å². The third-order valence-electron chi connectivity index (χ3n) is 13.0. The van der Waals surface area contributed by atoms with Gasteiger partial charge in [-0.2, -0.15) is 0 Å². The van der Waals surface area contributed by atoms with Crippen LogP contribution in [0, 0.1) is 0 Å². The highest BCUT2D eigenvalue weighted by atomic mass is 16.5. The first-order valence-electron chi connectivity index (χ1n) is 22.8. The molecule has 6 atom stereocenters. The van der Waals surface area contributed by atoms with E-state index in [0.717, 1.165) is 56.5 Å². The summed E-state index contributed by atoms with van der Waals surface area (Å²) >= 11 is 0. The van der Waals surface area contributed by atoms with Gasteiger partial charge in [0.25, 0.3) is 0 Å². The van der Waals surface area contributed by atoms with Crippen molar-refractivity contribution >= 4 is 0 Å². The SMILES string of the molecule is CCOc1c2cccc1CNC1CCCCC1NCc1cccc(c1OCC)CNC1CCCCC1NCc1cccc(c1OCC)CNC1CCCCC1NC2. The second-order valence-electron chi connectivity index (χ2n) is 16.8. The largest absolute Gasteiger partial charge is 0.493 e. The smallest absolute Gasteiger partial charge is 0.128 e. The number of fused-ring (bicyclic) bond motifs is 9. The molecule has 3 aromatic carbocycles. The molecule has 0 saturated heterocycles. The molecule has 57 heavy (non-hydrogen) atoms. The maximum absolute atomic E-state index is 6.43. The van der Waals surface area contributed by atoms with Crippen molar-refractivity contribution < 1.29 is 14.2 Å². The van der Waals surface area contributed by atoms with Crippen LogP contribution in [0.25, 0.3) is 0 Å². The Morgan fingerprint density at radius 2 is 0.544 bits per heavy atom. The number of ether oxygens (including phenoxy) is 3. The van der Waals surface area contributed by atoms with E-state index in [1.807, 2.05) is 0 Å². The molecule has 9 nitrogen and oxygen atoms in total. The molecule has 312 valence electrons. The van der Waals surface area contributed by atoms with Gasteiger partial charge in [0.15, 0.2) is 0 Å². The molecule has 6 N–H and O–H groups in total. The Bertz CT molecular complexity index is 1390. The molecule has 0 spiro atoms. The Hall–Kier alpha value is -3.18. The van der Waals surface area contributed by atoms with Gasteiger partial charge in [-0.1, -0.05) is 93.1 Å². The second-order valence-corrected chi connectivity index (χ2v) is 16.8. The fourth-order valence-corrected chi connectivity index (χ4v) is 10.0. The fraction of sp³-hybridized carbons (Fsp3) is 0.625. The molecule has 3 aliphatic carbocycles. The van der Waals surface area contributed by atoms with Gasteiger partial charge in [0.05, 0.1) is 19.8 Å². The highest BCUT2D eigenvalue weighted by Crippen LogP contribution is 2.31. The standard InChI is InChI=1S/C48H72N6O3/c1-4-55-46-34-16-13-17-35(46)29-50-41-23-8-10-25-43(41)52-31-37-19-15-21-39(48(37)57-6-3)33-54-45-27-12-11-26-44(45)53-32-38-20-14-18-36(47(38)56-5-2)30-51-42-24-9-7-22-40(42)49-28-34/h13-21,40-45,49-54H,4-12,22-33H2,1-3H3. The molecule has 3 aromatic rings. The molecule has 3 fully saturated rings. The van der Waals surface area contributed by atoms with Gasteiger partial charge in [-0.05, 0) is 59.3 Å². The van der Waals surface area contributed by atoms with E-state index in [1.54, 1.807) is 0 Å². The van der Waals surface area contributed by atoms with Crippen LogP contribution in [-0.2, 0) is 39.3 Å². The minimum atomic E-state index is 0.395. The van der Waals surface area contributed by atoms with Gasteiger partial charge < -0.3 is 46.1 Å². The van der Waals surface area contributed by atoms with Gasteiger partial charge in [-0.3, -0.25) is 0 Å². The van der Waals surface area contributed by atoms with Crippen molar-refractivity contribution in [3.05, 3.63) is 88.0 Å². The lowest BCUT2D eigenvalue weighted by atomic mass is 9.89. The molecule has 6 bridgehead atoms. The van der Waals surface area contributed by atoms with Gasteiger partial charge in [0.1, 0.15) is 17.2 Å². The van der Waals surface area contributed by atoms with E-state index in [1.165, 1.54) is 110 Å². The first kappa shape index (κ1) is 42.0. The second kappa shape index (κ2) is 21.7. The van der Waals surface area contributed by atoms with Crippen molar-refractivity contribution in [3.63, 3.8) is 0 Å². The first-order valence-corrected chi connectivity index (χ1v) is 22.8. The normalized spacial score (nSPS) is 26.8. The van der Waals surface area contributed by atoms with Crippen molar-refractivity contribution in [2.24, 2.45) is 0 Å². The minimum Gasteiger partial charge on any atom is -0.493 e. The summed E-state index contributed by atoms with van der Waals surface area (Å²) in [6.45, 7) is 13.0. The topological polar surface area (TPSA) is 99.9 Å². The van der Waals surface area contributed by atoms with E-state index in [9.17, 15) is 0 Å². The molecule has 4 aliphatic rings. The zero-order valence-corrected chi connectivity index (χ0v) is 35.2. The molecule has 7 rings (SSSR count). The van der Waals surface area contributed by atoms with E-state index < -0.39 is 0 Å². The number of hydrogen-bond donors (Lipinski definition) is 6. The van der Waals surface area contributed by atoms with E-state index in [4.69, 9.17) is 14.2 Å². The summed E-state index contributed by atoms with van der Waals surface area (Å²) < 4.78 is 19.3. The van der Waals surface area contributed by atoms with E-state index in [2.05, 4.69) is 107 Å². The molecule has 0 amide bonds. The summed E-state index contributed by atoms with van der Waals surface area (Å²) in [5.74, 6) is 3.11. The van der Waals surface area contributed by atoms with Gasteiger partial charge in [0.2, 0.25) is 0 Å². The van der Waals surface area contributed by atoms with Crippen LogP contribution in [0.2, 0.25) is 0 Å². The lowest BCUT2D eigenvalue weighted by Crippen LogP contribution is -2.49. The molecular weight excluding hydrogens is 709 g/mol. The predicted octanol–water partition coefficient (Wildman–Crippen LogP) is 7.77. The number of nitrogens with one attached hydrogen (secondary N) is 6. The van der Waals surface area contributed by atoms with Crippen LogP contribution < -0.4 is 46.1 Å². The number of rotatable bonds is 6. The lowest BCUT2D eigenvalue weighted by Gasteiger charge is -2.34. The average Bonchev–Trinajstić information content (AvgIpc) is 3.24. The van der Waals surface area contributed by atoms with Crippen molar-refractivity contribution in [2.45, 2.75) is 173 Å². The monoisotopic (exact) mass is 781 g/mol. The number of hydrogen-bond acceptors (Lipinski definition) is 9. The van der Waals surface area contributed by atoms with Crippen molar-refractivity contribution in [1.82, 2.24) is 31.9 Å². The Kier molecular flexibility index (Phi) is 16.0. The molecule has 0 aromatic heterocycles. The van der Waals surface area contributed by atoms with Gasteiger partial charge in [-0.25, -0.2) is 0 Å². The molecule has 1 aliphatic heterocycles. The van der Waals surface area contributed by atoms with Crippen LogP contribution in [0.1, 0.15) is 131 Å². The quantitative estimate of drug-likeness (QED) is 0.150. The van der Waals surface area contributed by atoms with Crippen molar-refractivity contribution in [2.75, 3.05) is 19.8 Å². The average molecular weight is 781 g/mol. The molecule has 1 heterocycles. The van der Waals surface area contributed by atoms with Gasteiger partial charge >= 0.3 is 0 Å². The molecule has 0 radical (unpaired) electrons. The maximum atomic E-state index is 6.43. The third kappa shape index (κ3) is 11.1. The first-order chi connectivity index (χ1) is 28.1. The third-order valence-corrected chi connectivity index (χ3v) is 13.0. The Balaban J connectivity index is 1.17. The maximum Gasteiger partial charge on any atom is 0.128 e. The van der Waals surface area contributed by atoms with Gasteiger partial charge in [0, 0.05) is 109 Å². The highest BCUT2D eigenvalue weighted by Gasteiger charge is 2.29. The number of para-hydroxylation sites is 3. The van der Waals surface area contributed by atoms with Crippen LogP contribution in [-0.4, -0.2) is 56.1 Å². The molecule has 6 unspecified atom stereocenters. The summed E-state index contributed by atoms with van der Waals surface area (Å²) in [6.07, 6.45) is 14.6. The summed E-state index contributed by atoms with van der Waals surface area (Å²) in [4.78, 5) is 0. The Morgan fingerprint density at radius 3 is 0.719 bits per heavy atom. The molecule has 9 heteroatoms. The summed E-state index contributed by atoms with van der Waals surface area (Å²) in [7, 11) is 0. The van der Waals surface area contributed by atoms with E-state index in [0.29, 0.717) is 56.1 Å². The molecular formula is C48H72N6O3. The van der Waals surface area contributed by atoms with Crippen LogP contribution >= 0.6 is 0 Å². The highest BCUT2D eigenvalue weighted by molar-refractivity contribution is 5.44. The Labute approximate surface area is 343 Å². The fourth-order valence-electron chi connectivity index (χ4n) is 10.0. The summed E-state index contributed by atoms with van der Waals surface area (Å²) in [5.41, 5.74) is 7.46. The molecule has 3 saturated carbocycles. The predicted molar refractivity (Wildman–Crippen MR) is 232 cm³/mol. The number of benzene rings is 3. The minimum absolute atomic E-state index is 0.395. The van der Waals surface area contributed by atoms with E-state index >= 15 is 0 Å². The van der Waals surface area contributed by atoms with Crippen molar-refractivity contribution in [1.29, 1.82) is 0 Å². The zero-order valence-electron chi connectivity index (χ0n) is 35.2. The summed E-state index contributed by atoms with van der Waals surface area (Å²) in [5, 5.41) is 24.0. The van der Waals surface area contributed by atoms with Crippen LogP contribution in [0.3, 0.4) is 0 Å². The summed E-state index contributed by atoms with van der Waals surface area (Å²) in [6, 6.07) is 22.5. The van der Waals surface area contributed by atoms with Crippen LogP contribution in [0.4, 0.5) is 0 Å². The zero-order chi connectivity index (χ0) is 39.2. The van der Waals surface area contributed by atoms with E-state index in [-0.39, 0.29) is 0 Å². The van der Waals surface area contributed by atoms with Crippen LogP contribution in [0.5, 0.6) is 17.2 Å².